The third-order valence-electron chi connectivity index (χ3n) is 5.10. The van der Waals surface area contributed by atoms with E-state index in [1.54, 1.807) is 0 Å². The van der Waals surface area contributed by atoms with Crippen LogP contribution in [0.1, 0.15) is 11.1 Å². The number of ether oxygens (including phenoxy) is 2. The zero-order valence-electron chi connectivity index (χ0n) is 17.2. The Kier molecular flexibility index (Phi) is 5.83. The number of hydrogen-bond acceptors (Lipinski definition) is 7. The molecule has 2 amide bonds. The van der Waals surface area contributed by atoms with Gasteiger partial charge in [0.25, 0.3) is 16.8 Å². The quantitative estimate of drug-likeness (QED) is 0.296. The molecule has 3 aromatic rings. The normalized spacial score (nSPS) is 14.9. The average molecular weight is 450 g/mol. The number of carbonyl (C=O) groups excluding carboxylic acids is 2. The molecule has 0 aromatic heterocycles. The Bertz CT molecular complexity index is 1280. The highest BCUT2D eigenvalue weighted by Gasteiger charge is 2.36. The predicted molar refractivity (Wildman–Crippen MR) is 122 cm³/mol. The van der Waals surface area contributed by atoms with Crippen LogP contribution in [0, 0.1) is 10.1 Å². The van der Waals surface area contributed by atoms with E-state index in [2.05, 4.69) is 0 Å². The molecule has 162 valence electrons. The molecule has 0 atom stereocenters. The standard InChI is InChI=1S/C23H18N2O6S/c1-30-19-10-16(18(25(28)29)12-20(19)31-2)11-21-22(26)24(23(27)32-21)13-15-8-5-7-14-6-3-4-9-17(14)15/h3-12H,13H2,1-2H3/b21-11+. The van der Waals surface area contributed by atoms with Gasteiger partial charge in [-0.3, -0.25) is 24.6 Å². The van der Waals surface area contributed by atoms with E-state index in [4.69, 9.17) is 9.47 Å². The van der Waals surface area contributed by atoms with Crippen LogP contribution >= 0.6 is 11.8 Å². The first-order chi connectivity index (χ1) is 15.4. The maximum absolute atomic E-state index is 13.0. The molecule has 1 fully saturated rings. The number of hydrogen-bond donors (Lipinski definition) is 0. The van der Waals surface area contributed by atoms with Crippen molar-refractivity contribution in [3.05, 3.63) is 80.7 Å². The van der Waals surface area contributed by atoms with Gasteiger partial charge < -0.3 is 9.47 Å². The average Bonchev–Trinajstić information content (AvgIpc) is 3.06. The molecule has 0 saturated carbocycles. The summed E-state index contributed by atoms with van der Waals surface area (Å²) in [5.41, 5.74) is 0.718. The fraction of sp³-hybridized carbons (Fsp3) is 0.130. The minimum atomic E-state index is -0.575. The SMILES string of the molecule is COc1cc(/C=C2/SC(=O)N(Cc3cccc4ccccc34)C2=O)c([N+](=O)[O-])cc1OC. The number of carbonyl (C=O) groups is 2. The van der Waals surface area contributed by atoms with Crippen molar-refractivity contribution in [1.29, 1.82) is 0 Å². The maximum Gasteiger partial charge on any atom is 0.293 e. The summed E-state index contributed by atoms with van der Waals surface area (Å²) >= 11 is 0.749. The number of nitro groups is 1. The molecule has 1 saturated heterocycles. The van der Waals surface area contributed by atoms with Gasteiger partial charge in [0.2, 0.25) is 0 Å². The summed E-state index contributed by atoms with van der Waals surface area (Å²) in [7, 11) is 2.78. The number of fused-ring (bicyclic) bond motifs is 1. The Hall–Kier alpha value is -3.85. The van der Waals surface area contributed by atoms with E-state index < -0.39 is 16.1 Å². The summed E-state index contributed by atoms with van der Waals surface area (Å²) < 4.78 is 10.3. The molecule has 4 rings (SSSR count). The van der Waals surface area contributed by atoms with E-state index in [9.17, 15) is 19.7 Å². The number of nitro benzene ring substituents is 1. The van der Waals surface area contributed by atoms with Gasteiger partial charge in [0.1, 0.15) is 0 Å². The topological polar surface area (TPSA) is 99.0 Å². The smallest absolute Gasteiger partial charge is 0.293 e. The molecule has 0 N–H and O–H groups in total. The number of nitrogens with zero attached hydrogens (tertiary/aromatic N) is 2. The molecule has 32 heavy (non-hydrogen) atoms. The fourth-order valence-electron chi connectivity index (χ4n) is 3.54. The second-order valence-electron chi connectivity index (χ2n) is 6.93. The highest BCUT2D eigenvalue weighted by Crippen LogP contribution is 2.39. The van der Waals surface area contributed by atoms with E-state index in [1.807, 2.05) is 42.5 Å². The van der Waals surface area contributed by atoms with Crippen LogP contribution in [0.25, 0.3) is 16.8 Å². The van der Waals surface area contributed by atoms with Crippen molar-refractivity contribution in [3.8, 4) is 11.5 Å². The molecule has 8 nitrogen and oxygen atoms in total. The van der Waals surface area contributed by atoms with E-state index in [0.717, 1.165) is 33.0 Å². The van der Waals surface area contributed by atoms with Gasteiger partial charge in [0, 0.05) is 0 Å². The first-order valence-electron chi connectivity index (χ1n) is 9.55. The molecule has 1 aliphatic heterocycles. The van der Waals surface area contributed by atoms with E-state index in [0.29, 0.717) is 0 Å². The van der Waals surface area contributed by atoms with Gasteiger partial charge in [0.15, 0.2) is 11.5 Å². The van der Waals surface area contributed by atoms with Crippen LogP contribution in [0.2, 0.25) is 0 Å². The largest absolute Gasteiger partial charge is 0.493 e. The Labute approximate surface area is 187 Å². The molecule has 9 heteroatoms. The third kappa shape index (κ3) is 3.90. The van der Waals surface area contributed by atoms with Gasteiger partial charge in [-0.25, -0.2) is 0 Å². The van der Waals surface area contributed by atoms with Gasteiger partial charge in [-0.15, -0.1) is 0 Å². The first kappa shape index (κ1) is 21.4. The van der Waals surface area contributed by atoms with Crippen LogP contribution in [-0.4, -0.2) is 35.2 Å². The third-order valence-corrected chi connectivity index (χ3v) is 6.01. The summed E-state index contributed by atoms with van der Waals surface area (Å²) in [5, 5.41) is 13.1. The van der Waals surface area contributed by atoms with Crippen LogP contribution in [0.15, 0.2) is 59.5 Å². The van der Waals surface area contributed by atoms with Crippen LogP contribution in [0.4, 0.5) is 10.5 Å². The van der Waals surface area contributed by atoms with Crippen molar-refractivity contribution in [1.82, 2.24) is 4.90 Å². The number of rotatable bonds is 6. The zero-order chi connectivity index (χ0) is 22.8. The van der Waals surface area contributed by atoms with Gasteiger partial charge in [-0.05, 0) is 40.2 Å². The van der Waals surface area contributed by atoms with Crippen LogP contribution < -0.4 is 9.47 Å². The van der Waals surface area contributed by atoms with Crippen molar-refractivity contribution in [3.63, 3.8) is 0 Å². The maximum atomic E-state index is 13.0. The Morgan fingerprint density at radius 1 is 1.03 bits per heavy atom. The summed E-state index contributed by atoms with van der Waals surface area (Å²) in [5.74, 6) is -0.0308. The zero-order valence-corrected chi connectivity index (χ0v) is 18.0. The molecular formula is C23H18N2O6S. The van der Waals surface area contributed by atoms with Crippen molar-refractivity contribution in [2.75, 3.05) is 14.2 Å². The minimum Gasteiger partial charge on any atom is -0.493 e. The molecule has 3 aromatic carbocycles. The first-order valence-corrected chi connectivity index (χ1v) is 10.4. The number of benzene rings is 3. The van der Waals surface area contributed by atoms with Gasteiger partial charge in [-0.2, -0.15) is 0 Å². The molecule has 0 bridgehead atoms. The second kappa shape index (κ2) is 8.72. The van der Waals surface area contributed by atoms with Crippen molar-refractivity contribution < 1.29 is 24.0 Å². The predicted octanol–water partition coefficient (Wildman–Crippen LogP) is 5.00. The van der Waals surface area contributed by atoms with E-state index in [-0.39, 0.29) is 34.2 Å². The fourth-order valence-corrected chi connectivity index (χ4v) is 4.37. The highest BCUT2D eigenvalue weighted by atomic mass is 32.2. The van der Waals surface area contributed by atoms with Gasteiger partial charge in [0.05, 0.1) is 42.2 Å². The lowest BCUT2D eigenvalue weighted by atomic mass is 10.0. The van der Waals surface area contributed by atoms with Gasteiger partial charge >= 0.3 is 0 Å². The lowest BCUT2D eigenvalue weighted by molar-refractivity contribution is -0.385. The summed E-state index contributed by atoms with van der Waals surface area (Å²) in [6.45, 7) is 0.109. The number of methoxy groups -OCH3 is 2. The lowest BCUT2D eigenvalue weighted by Gasteiger charge is -2.14. The number of imide groups is 1. The van der Waals surface area contributed by atoms with E-state index in [1.165, 1.54) is 32.4 Å². The number of thioether (sulfide) groups is 1. The summed E-state index contributed by atoms with van der Waals surface area (Å²) in [6, 6.07) is 16.1. The molecule has 0 unspecified atom stereocenters. The summed E-state index contributed by atoms with van der Waals surface area (Å²) in [6.07, 6.45) is 1.34. The van der Waals surface area contributed by atoms with E-state index >= 15 is 0 Å². The highest BCUT2D eigenvalue weighted by molar-refractivity contribution is 8.18. The Balaban J connectivity index is 1.69. The van der Waals surface area contributed by atoms with Crippen molar-refractivity contribution >= 4 is 45.4 Å². The molecule has 0 aliphatic carbocycles. The van der Waals surface area contributed by atoms with Gasteiger partial charge in [-0.1, -0.05) is 42.5 Å². The number of amides is 2. The molecule has 0 radical (unpaired) electrons. The summed E-state index contributed by atoms with van der Waals surface area (Å²) in [4.78, 5) is 37.8. The van der Waals surface area contributed by atoms with Crippen LogP contribution in [0.5, 0.6) is 11.5 Å². The molecule has 1 heterocycles. The second-order valence-corrected chi connectivity index (χ2v) is 7.92. The monoisotopic (exact) mass is 450 g/mol. The Morgan fingerprint density at radius 2 is 1.72 bits per heavy atom. The molecular weight excluding hydrogens is 432 g/mol. The van der Waals surface area contributed by atoms with Crippen LogP contribution in [-0.2, 0) is 11.3 Å². The van der Waals surface area contributed by atoms with Crippen LogP contribution in [0.3, 0.4) is 0 Å². The lowest BCUT2D eigenvalue weighted by Crippen LogP contribution is -2.27. The Morgan fingerprint density at radius 3 is 2.44 bits per heavy atom. The molecule has 0 spiro atoms. The van der Waals surface area contributed by atoms with Crippen molar-refractivity contribution in [2.45, 2.75) is 6.54 Å². The van der Waals surface area contributed by atoms with Crippen molar-refractivity contribution in [2.24, 2.45) is 0 Å². The molecule has 1 aliphatic rings. The minimum absolute atomic E-state index is 0.102.